The maximum atomic E-state index is 13.3. The van der Waals surface area contributed by atoms with Gasteiger partial charge >= 0.3 is 0 Å². The molecular formula is C13H10BrFN2O3. The second-order valence-electron chi connectivity index (χ2n) is 4.10. The summed E-state index contributed by atoms with van der Waals surface area (Å²) in [5.74, 6) is -2.73. The molecule has 0 aliphatic carbocycles. The van der Waals surface area contributed by atoms with Gasteiger partial charge in [-0.05, 0) is 28.1 Å². The lowest BCUT2D eigenvalue weighted by molar-refractivity contribution is -0.122. The van der Waals surface area contributed by atoms with Crippen molar-refractivity contribution in [1.29, 1.82) is 0 Å². The summed E-state index contributed by atoms with van der Waals surface area (Å²) >= 11 is 3.10. The summed E-state index contributed by atoms with van der Waals surface area (Å²) < 4.78 is 13.5. The van der Waals surface area contributed by atoms with Gasteiger partial charge in [0.15, 0.2) is 0 Å². The molecule has 5 nitrogen and oxygen atoms in total. The van der Waals surface area contributed by atoms with Crippen molar-refractivity contribution in [2.24, 2.45) is 0 Å². The van der Waals surface area contributed by atoms with Crippen molar-refractivity contribution in [3.63, 3.8) is 0 Å². The number of ketones is 1. The predicted octanol–water partition coefficient (Wildman–Crippen LogP) is 1.42. The van der Waals surface area contributed by atoms with Crippen molar-refractivity contribution in [2.45, 2.75) is 0 Å². The maximum absolute atomic E-state index is 13.3. The molecule has 0 bridgehead atoms. The van der Waals surface area contributed by atoms with Crippen molar-refractivity contribution < 1.29 is 18.8 Å². The van der Waals surface area contributed by atoms with E-state index in [1.165, 1.54) is 6.08 Å². The van der Waals surface area contributed by atoms with Gasteiger partial charge in [-0.3, -0.25) is 19.3 Å². The van der Waals surface area contributed by atoms with E-state index >= 15 is 0 Å². The summed E-state index contributed by atoms with van der Waals surface area (Å²) in [6.07, 6.45) is 1.49. The molecule has 0 saturated heterocycles. The van der Waals surface area contributed by atoms with Gasteiger partial charge in [0.1, 0.15) is 12.4 Å². The molecule has 0 radical (unpaired) electrons. The minimum atomic E-state index is -0.847. The molecule has 1 aliphatic heterocycles. The Hall–Kier alpha value is -2.02. The van der Waals surface area contributed by atoms with E-state index in [9.17, 15) is 18.8 Å². The van der Waals surface area contributed by atoms with Crippen LogP contribution in [-0.4, -0.2) is 30.7 Å². The topological polar surface area (TPSA) is 66.5 Å². The number of carbonyl (C=O) groups excluding carboxylic acids is 3. The smallest absolute Gasteiger partial charge is 0.299 e. The number of nitrogens with zero attached hydrogens (tertiary/aromatic N) is 1. The lowest BCUT2D eigenvalue weighted by Crippen LogP contribution is -2.40. The van der Waals surface area contributed by atoms with Crippen molar-refractivity contribution >= 4 is 39.2 Å². The van der Waals surface area contributed by atoms with Crippen molar-refractivity contribution in [3.05, 3.63) is 40.6 Å². The normalized spacial score (nSPS) is 13.4. The molecule has 1 aromatic rings. The van der Waals surface area contributed by atoms with Crippen LogP contribution >= 0.6 is 15.9 Å². The van der Waals surface area contributed by atoms with E-state index in [-0.39, 0.29) is 28.8 Å². The Balaban J connectivity index is 2.33. The second-order valence-corrected chi connectivity index (χ2v) is 4.95. The highest BCUT2D eigenvalue weighted by molar-refractivity contribution is 9.10. The fourth-order valence-corrected chi connectivity index (χ4v) is 2.54. The van der Waals surface area contributed by atoms with Gasteiger partial charge in [-0.15, -0.1) is 6.58 Å². The Morgan fingerprint density at radius 3 is 2.80 bits per heavy atom. The number of Topliss-reactive ketones (excluding diaryl/α,β-unsaturated/α-hetero) is 1. The molecule has 0 spiro atoms. The summed E-state index contributed by atoms with van der Waals surface area (Å²) in [7, 11) is 0. The zero-order valence-electron chi connectivity index (χ0n) is 10.3. The van der Waals surface area contributed by atoms with Crippen molar-refractivity contribution in [2.75, 3.05) is 18.0 Å². The largest absolute Gasteiger partial charge is 0.351 e. The number of amides is 2. The van der Waals surface area contributed by atoms with Crippen molar-refractivity contribution in [1.82, 2.24) is 5.32 Å². The molecule has 2 rings (SSSR count). The third-order valence-electron chi connectivity index (χ3n) is 2.73. The molecular weight excluding hydrogens is 331 g/mol. The van der Waals surface area contributed by atoms with Gasteiger partial charge in [0, 0.05) is 11.0 Å². The molecule has 0 saturated carbocycles. The lowest BCUT2D eigenvalue weighted by atomic mass is 10.1. The number of rotatable bonds is 4. The number of fused-ring (bicyclic) bond motifs is 1. The third kappa shape index (κ3) is 2.49. The number of carbonyl (C=O) groups is 3. The Morgan fingerprint density at radius 1 is 1.45 bits per heavy atom. The summed E-state index contributed by atoms with van der Waals surface area (Å²) in [6, 6.07) is 2.13. The molecule has 7 heteroatoms. The molecule has 20 heavy (non-hydrogen) atoms. The fraction of sp³-hybridized carbons (Fsp3) is 0.154. The van der Waals surface area contributed by atoms with Gasteiger partial charge in [-0.2, -0.15) is 0 Å². The molecule has 0 fully saturated rings. The summed E-state index contributed by atoms with van der Waals surface area (Å²) in [5, 5.41) is 2.50. The van der Waals surface area contributed by atoms with Gasteiger partial charge in [0.05, 0.1) is 11.3 Å². The average molecular weight is 341 g/mol. The van der Waals surface area contributed by atoms with Gasteiger partial charge < -0.3 is 5.32 Å². The maximum Gasteiger partial charge on any atom is 0.299 e. The van der Waals surface area contributed by atoms with E-state index in [0.29, 0.717) is 0 Å². The third-order valence-corrected chi connectivity index (χ3v) is 3.33. The Morgan fingerprint density at radius 2 is 2.15 bits per heavy atom. The van der Waals surface area contributed by atoms with Crippen molar-refractivity contribution in [3.8, 4) is 0 Å². The van der Waals surface area contributed by atoms with E-state index in [1.54, 1.807) is 0 Å². The average Bonchev–Trinajstić information content (AvgIpc) is 2.62. The van der Waals surface area contributed by atoms with Crippen LogP contribution in [0.4, 0.5) is 10.1 Å². The number of halogens is 2. The molecule has 1 N–H and O–H groups in total. The highest BCUT2D eigenvalue weighted by Crippen LogP contribution is 2.36. The van der Waals surface area contributed by atoms with Crippen LogP contribution in [-0.2, 0) is 9.59 Å². The summed E-state index contributed by atoms with van der Waals surface area (Å²) in [6.45, 7) is 3.40. The number of hydrogen-bond donors (Lipinski definition) is 1. The second kappa shape index (κ2) is 5.54. The minimum absolute atomic E-state index is 0.0432. The zero-order chi connectivity index (χ0) is 14.9. The van der Waals surface area contributed by atoms with E-state index in [0.717, 1.165) is 17.0 Å². The van der Waals surface area contributed by atoms with E-state index in [1.807, 2.05) is 0 Å². The van der Waals surface area contributed by atoms with Gasteiger partial charge in [-0.1, -0.05) is 6.08 Å². The molecule has 2 amide bonds. The van der Waals surface area contributed by atoms with Crippen LogP contribution < -0.4 is 10.2 Å². The monoisotopic (exact) mass is 340 g/mol. The number of hydrogen-bond acceptors (Lipinski definition) is 3. The van der Waals surface area contributed by atoms with Crippen LogP contribution in [0, 0.1) is 5.82 Å². The Labute approximate surface area is 122 Å². The minimum Gasteiger partial charge on any atom is -0.351 e. The zero-order valence-corrected chi connectivity index (χ0v) is 11.9. The molecule has 0 atom stereocenters. The highest BCUT2D eigenvalue weighted by atomic mass is 79.9. The van der Waals surface area contributed by atoms with Crippen LogP contribution in [0.15, 0.2) is 29.3 Å². The van der Waals surface area contributed by atoms with E-state index < -0.39 is 23.4 Å². The first kappa shape index (κ1) is 14.4. The van der Waals surface area contributed by atoms with Crippen LogP contribution in [0.2, 0.25) is 0 Å². The van der Waals surface area contributed by atoms with Gasteiger partial charge in [0.2, 0.25) is 5.91 Å². The first-order valence-corrected chi connectivity index (χ1v) is 6.48. The molecule has 104 valence electrons. The number of anilines is 1. The SMILES string of the molecule is C=CCNC(=O)CN1C(=O)C(=O)c2cc(F)cc(Br)c21. The standard InChI is InChI=1S/C13H10BrFN2O3/c1-2-3-16-10(18)6-17-11-8(12(19)13(17)20)4-7(15)5-9(11)14/h2,4-5H,1,3,6H2,(H,16,18). The number of nitrogens with one attached hydrogen (secondary N) is 1. The molecule has 1 aliphatic rings. The first-order valence-electron chi connectivity index (χ1n) is 5.68. The van der Waals surface area contributed by atoms with E-state index in [2.05, 4.69) is 27.8 Å². The molecule has 0 unspecified atom stereocenters. The fourth-order valence-electron chi connectivity index (χ4n) is 1.89. The van der Waals surface area contributed by atoms with Crippen LogP contribution in [0.5, 0.6) is 0 Å². The Bertz CT molecular complexity index is 630. The number of benzene rings is 1. The molecule has 1 heterocycles. The van der Waals surface area contributed by atoms with Gasteiger partial charge in [-0.25, -0.2) is 4.39 Å². The van der Waals surface area contributed by atoms with Crippen LogP contribution in [0.25, 0.3) is 0 Å². The predicted molar refractivity (Wildman–Crippen MR) is 74.0 cm³/mol. The lowest BCUT2D eigenvalue weighted by Gasteiger charge is -2.17. The Kier molecular flexibility index (Phi) is 3.99. The summed E-state index contributed by atoms with van der Waals surface area (Å²) in [5.41, 5.74) is 0.175. The van der Waals surface area contributed by atoms with E-state index in [4.69, 9.17) is 0 Å². The molecule has 0 aromatic heterocycles. The van der Waals surface area contributed by atoms with Gasteiger partial charge in [0.25, 0.3) is 11.7 Å². The first-order chi connectivity index (χ1) is 9.45. The van der Waals surface area contributed by atoms with Crippen LogP contribution in [0.1, 0.15) is 10.4 Å². The molecule has 1 aromatic carbocycles. The quantitative estimate of drug-likeness (QED) is 0.665. The highest BCUT2D eigenvalue weighted by Gasteiger charge is 2.38. The van der Waals surface area contributed by atoms with Crippen LogP contribution in [0.3, 0.4) is 0 Å². The summed E-state index contributed by atoms with van der Waals surface area (Å²) in [4.78, 5) is 36.3.